The average molecular weight is 495 g/mol. The summed E-state index contributed by atoms with van der Waals surface area (Å²) in [7, 11) is 4.12. The lowest BCUT2D eigenvalue weighted by Gasteiger charge is -2.29. The molecule has 0 spiro atoms. The molecule has 0 aliphatic carbocycles. The summed E-state index contributed by atoms with van der Waals surface area (Å²) in [4.78, 5) is 43.8. The van der Waals surface area contributed by atoms with Gasteiger partial charge in [0.15, 0.2) is 12.0 Å². The number of benzene rings is 2. The number of guanidine groups is 1. The Balaban J connectivity index is 2.03. The molecule has 2 atom stereocenters. The molecule has 1 aliphatic rings. The number of nitrogens with two attached hydrogens (primary N) is 1. The van der Waals surface area contributed by atoms with E-state index in [1.165, 1.54) is 44.3 Å². The largest absolute Gasteiger partial charge is 0.465 e. The van der Waals surface area contributed by atoms with Gasteiger partial charge in [0, 0.05) is 20.2 Å². The molecular formula is C22H21ClF2N4O5. The Kier molecular flexibility index (Phi) is 7.35. The second kappa shape index (κ2) is 10.0. The van der Waals surface area contributed by atoms with Crippen LogP contribution < -0.4 is 5.73 Å². The van der Waals surface area contributed by atoms with Gasteiger partial charge in [-0.3, -0.25) is 9.69 Å². The quantitative estimate of drug-likeness (QED) is 0.617. The van der Waals surface area contributed by atoms with Crippen LogP contribution in [0.4, 0.5) is 13.6 Å². The summed E-state index contributed by atoms with van der Waals surface area (Å²) in [5, 5.41) is 0.0992. The molecule has 9 nitrogen and oxygen atoms in total. The Hall–Kier alpha value is -3.73. The number of methoxy groups -OCH3 is 1. The minimum Gasteiger partial charge on any atom is -0.465 e. The number of hydrogen-bond acceptors (Lipinski definition) is 7. The van der Waals surface area contributed by atoms with Crippen LogP contribution in [0.2, 0.25) is 5.02 Å². The predicted molar refractivity (Wildman–Crippen MR) is 118 cm³/mol. The third kappa shape index (κ3) is 5.09. The molecule has 0 fully saturated rings. The summed E-state index contributed by atoms with van der Waals surface area (Å²) in [6.07, 6.45) is -0.696. The van der Waals surface area contributed by atoms with Crippen LogP contribution in [-0.2, 0) is 14.3 Å². The van der Waals surface area contributed by atoms with Crippen LogP contribution >= 0.6 is 11.6 Å². The Morgan fingerprint density at radius 2 is 1.85 bits per heavy atom. The molecule has 2 N–H and O–H groups in total. The van der Waals surface area contributed by atoms with Crippen molar-refractivity contribution < 1.29 is 32.6 Å². The summed E-state index contributed by atoms with van der Waals surface area (Å²) in [6.45, 7) is -0.370. The highest BCUT2D eigenvalue weighted by Gasteiger charge is 2.40. The Morgan fingerprint density at radius 1 is 1.21 bits per heavy atom. The van der Waals surface area contributed by atoms with Crippen molar-refractivity contribution in [2.24, 2.45) is 10.7 Å². The Morgan fingerprint density at radius 3 is 2.44 bits per heavy atom. The van der Waals surface area contributed by atoms with Gasteiger partial charge in [0.25, 0.3) is 5.91 Å². The number of hydrogen-bond donors (Lipinski definition) is 1. The number of carbonyl (C=O) groups is 3. The summed E-state index contributed by atoms with van der Waals surface area (Å²) in [5.74, 6) is -3.46. The molecule has 12 heteroatoms. The van der Waals surface area contributed by atoms with Gasteiger partial charge in [0.05, 0.1) is 23.7 Å². The smallest absolute Gasteiger partial charge is 0.409 e. The van der Waals surface area contributed by atoms with Gasteiger partial charge in [0.1, 0.15) is 18.2 Å². The number of aliphatic imine (C=N–C) groups is 1. The maximum Gasteiger partial charge on any atom is 0.409 e. The highest BCUT2D eigenvalue weighted by molar-refractivity contribution is 6.33. The highest BCUT2D eigenvalue weighted by atomic mass is 35.5. The first kappa shape index (κ1) is 24.9. The van der Waals surface area contributed by atoms with E-state index < -0.39 is 41.7 Å². The monoisotopic (exact) mass is 494 g/mol. The van der Waals surface area contributed by atoms with Crippen LogP contribution in [0.15, 0.2) is 41.4 Å². The minimum atomic E-state index is -1.32. The van der Waals surface area contributed by atoms with Crippen molar-refractivity contribution >= 4 is 35.5 Å². The zero-order valence-electron chi connectivity index (χ0n) is 18.4. The molecule has 34 heavy (non-hydrogen) atoms. The van der Waals surface area contributed by atoms with Crippen LogP contribution in [-0.4, -0.2) is 61.5 Å². The van der Waals surface area contributed by atoms with E-state index in [4.69, 9.17) is 26.8 Å². The van der Waals surface area contributed by atoms with Gasteiger partial charge in [-0.2, -0.15) is 0 Å². The predicted octanol–water partition coefficient (Wildman–Crippen LogP) is 3.04. The molecule has 0 saturated carbocycles. The fraction of sp³-hybridized carbons (Fsp3) is 0.273. The van der Waals surface area contributed by atoms with Crippen molar-refractivity contribution in [1.82, 2.24) is 9.80 Å². The van der Waals surface area contributed by atoms with E-state index in [9.17, 15) is 23.2 Å². The lowest BCUT2D eigenvalue weighted by atomic mass is 10.0. The van der Waals surface area contributed by atoms with Crippen molar-refractivity contribution in [3.05, 3.63) is 69.7 Å². The molecule has 0 bridgehead atoms. The van der Waals surface area contributed by atoms with Crippen LogP contribution in [0.5, 0.6) is 0 Å². The van der Waals surface area contributed by atoms with Gasteiger partial charge < -0.3 is 20.1 Å². The lowest BCUT2D eigenvalue weighted by Crippen LogP contribution is -2.43. The van der Waals surface area contributed by atoms with E-state index in [1.54, 1.807) is 0 Å². The molecule has 2 aromatic carbocycles. The molecule has 0 radical (unpaired) electrons. The molecule has 2 unspecified atom stereocenters. The fourth-order valence-corrected chi connectivity index (χ4v) is 3.57. The standard InChI is InChI=1S/C22H21ClF2N4O5/c1-28(2)22(32)34-10-17(11-4-5-16(23)15(8-11)20(31)33-3)29-19(30)18(27-21(29)26)12-6-13(24)9-14(25)7-12/h4-9,17-18H,10H2,1-3H3,(H2,26,27). The van der Waals surface area contributed by atoms with E-state index in [2.05, 4.69) is 4.99 Å². The summed E-state index contributed by atoms with van der Waals surface area (Å²) in [6, 6.07) is 4.57. The number of carbonyl (C=O) groups excluding carboxylic acids is 3. The molecule has 3 rings (SSSR count). The summed E-state index contributed by atoms with van der Waals surface area (Å²) < 4.78 is 37.5. The van der Waals surface area contributed by atoms with Crippen LogP contribution in [0.25, 0.3) is 0 Å². The van der Waals surface area contributed by atoms with Gasteiger partial charge in [-0.15, -0.1) is 0 Å². The molecule has 180 valence electrons. The molecule has 1 heterocycles. The second-order valence-corrected chi connectivity index (χ2v) is 7.93. The van der Waals surface area contributed by atoms with Crippen molar-refractivity contribution in [1.29, 1.82) is 0 Å². The first-order valence-corrected chi connectivity index (χ1v) is 10.3. The lowest BCUT2D eigenvalue weighted by molar-refractivity contribution is -0.129. The van der Waals surface area contributed by atoms with Crippen molar-refractivity contribution in [3.63, 3.8) is 0 Å². The highest BCUT2D eigenvalue weighted by Crippen LogP contribution is 2.34. The molecule has 1 aliphatic heterocycles. The maximum atomic E-state index is 13.7. The number of amides is 2. The van der Waals surface area contributed by atoms with Crippen molar-refractivity contribution in [2.45, 2.75) is 12.1 Å². The van der Waals surface area contributed by atoms with E-state index >= 15 is 0 Å². The van der Waals surface area contributed by atoms with E-state index in [-0.39, 0.29) is 28.7 Å². The number of ether oxygens (including phenoxy) is 2. The van der Waals surface area contributed by atoms with Crippen molar-refractivity contribution in [3.8, 4) is 0 Å². The molecule has 2 aromatic rings. The number of esters is 1. The number of nitrogens with zero attached hydrogens (tertiary/aromatic N) is 3. The van der Waals surface area contributed by atoms with E-state index in [0.717, 1.165) is 17.0 Å². The SMILES string of the molecule is COC(=O)c1cc(C(COC(=O)N(C)C)N2C(=O)C(c3cc(F)cc(F)c3)N=C2N)ccc1Cl. The van der Waals surface area contributed by atoms with E-state index in [0.29, 0.717) is 11.6 Å². The molecule has 0 aromatic heterocycles. The maximum absolute atomic E-state index is 13.7. The Labute approximate surface area is 198 Å². The Bertz CT molecular complexity index is 1150. The average Bonchev–Trinajstić information content (AvgIpc) is 3.07. The number of rotatable bonds is 6. The van der Waals surface area contributed by atoms with Gasteiger partial charge in [0.2, 0.25) is 0 Å². The van der Waals surface area contributed by atoms with Crippen LogP contribution in [0, 0.1) is 11.6 Å². The molecule has 2 amide bonds. The van der Waals surface area contributed by atoms with Crippen LogP contribution in [0.1, 0.15) is 33.6 Å². The summed E-state index contributed by atoms with van der Waals surface area (Å²) in [5.41, 5.74) is 6.33. The molecular weight excluding hydrogens is 474 g/mol. The molecule has 0 saturated heterocycles. The normalized spacial score (nSPS) is 16.2. The third-order valence-electron chi connectivity index (χ3n) is 5.00. The van der Waals surface area contributed by atoms with E-state index in [1.807, 2.05) is 0 Å². The fourth-order valence-electron chi connectivity index (χ4n) is 3.37. The zero-order chi connectivity index (χ0) is 25.2. The number of halogens is 3. The first-order valence-electron chi connectivity index (χ1n) is 9.87. The van der Waals surface area contributed by atoms with Gasteiger partial charge in [-0.05, 0) is 35.4 Å². The first-order chi connectivity index (χ1) is 16.0. The topological polar surface area (TPSA) is 115 Å². The second-order valence-electron chi connectivity index (χ2n) is 7.52. The summed E-state index contributed by atoms with van der Waals surface area (Å²) >= 11 is 6.10. The zero-order valence-corrected chi connectivity index (χ0v) is 19.2. The third-order valence-corrected chi connectivity index (χ3v) is 5.33. The van der Waals surface area contributed by atoms with Gasteiger partial charge in [-0.1, -0.05) is 17.7 Å². The van der Waals surface area contributed by atoms with Gasteiger partial charge in [-0.25, -0.2) is 23.4 Å². The van der Waals surface area contributed by atoms with Gasteiger partial charge >= 0.3 is 12.1 Å². The van der Waals surface area contributed by atoms with Crippen LogP contribution in [0.3, 0.4) is 0 Å². The minimum absolute atomic E-state index is 0.0107. The van der Waals surface area contributed by atoms with Crippen molar-refractivity contribution in [2.75, 3.05) is 27.8 Å².